The van der Waals surface area contributed by atoms with Crippen LogP contribution in [0.3, 0.4) is 0 Å². The Morgan fingerprint density at radius 2 is 1.69 bits per heavy atom. The molecule has 1 aliphatic rings. The minimum atomic E-state index is -0.750. The molecule has 1 heteroatoms. The third-order valence-corrected chi connectivity index (χ3v) is 2.93. The number of methoxy groups -OCH3 is 1. The Bertz CT molecular complexity index is 221. The fraction of sp³-hybridized carbons (Fsp3) is 0.667. The van der Waals surface area contributed by atoms with Gasteiger partial charge in [-0.2, -0.15) is 0 Å². The first-order chi connectivity index (χ1) is 6.29. The zero-order valence-electron chi connectivity index (χ0n) is 8.18. The smallest absolute Gasteiger partial charge is 0.191 e. The molecule has 0 aromatic rings. The molecule has 0 atom stereocenters. The molecule has 0 saturated heterocycles. The predicted octanol–water partition coefficient (Wildman–Crippen LogP) is 2.22. The zero-order chi connectivity index (χ0) is 9.73. The van der Waals surface area contributed by atoms with Crippen LogP contribution in [0.5, 0.6) is 0 Å². The van der Waals surface area contributed by atoms with E-state index >= 15 is 0 Å². The van der Waals surface area contributed by atoms with Crippen molar-refractivity contribution in [2.24, 2.45) is 5.92 Å². The summed E-state index contributed by atoms with van der Waals surface area (Å²) in [6.45, 7) is 0. The Kier molecular flexibility index (Phi) is 3.40. The summed E-state index contributed by atoms with van der Waals surface area (Å²) in [6.07, 6.45) is 16.8. The van der Waals surface area contributed by atoms with Gasteiger partial charge in [0.05, 0.1) is 0 Å². The van der Waals surface area contributed by atoms with Gasteiger partial charge in [-0.05, 0) is 12.8 Å². The number of hydrogen-bond acceptors (Lipinski definition) is 1. The van der Waals surface area contributed by atoms with E-state index in [4.69, 9.17) is 17.6 Å². The van der Waals surface area contributed by atoms with E-state index in [-0.39, 0.29) is 0 Å². The Morgan fingerprint density at radius 1 is 1.15 bits per heavy atom. The van der Waals surface area contributed by atoms with Gasteiger partial charge in [-0.15, -0.1) is 12.8 Å². The topological polar surface area (TPSA) is 9.23 Å². The summed E-state index contributed by atoms with van der Waals surface area (Å²) in [6, 6.07) is 0. The lowest BCUT2D eigenvalue weighted by molar-refractivity contribution is 0.0238. The highest BCUT2D eigenvalue weighted by molar-refractivity contribution is 5.27. The second kappa shape index (κ2) is 4.35. The van der Waals surface area contributed by atoms with E-state index in [1.165, 1.54) is 19.3 Å². The normalized spacial score (nSPS) is 19.0. The summed E-state index contributed by atoms with van der Waals surface area (Å²) in [7, 11) is 1.61. The van der Waals surface area contributed by atoms with Crippen molar-refractivity contribution >= 4 is 0 Å². The van der Waals surface area contributed by atoms with Crippen LogP contribution in [0.1, 0.15) is 32.1 Å². The molecule has 70 valence electrons. The van der Waals surface area contributed by atoms with E-state index in [9.17, 15) is 0 Å². The highest BCUT2D eigenvalue weighted by atomic mass is 16.5. The number of ether oxygens (including phenoxy) is 1. The van der Waals surface area contributed by atoms with E-state index in [2.05, 4.69) is 11.8 Å². The SMILES string of the molecule is C#CC(C#C)(OC)C1CCCCC1. The fourth-order valence-corrected chi connectivity index (χ4v) is 2.07. The highest BCUT2D eigenvalue weighted by Crippen LogP contribution is 2.33. The molecule has 0 bridgehead atoms. The molecule has 0 unspecified atom stereocenters. The van der Waals surface area contributed by atoms with Crippen LogP contribution in [0.15, 0.2) is 0 Å². The summed E-state index contributed by atoms with van der Waals surface area (Å²) in [5.74, 6) is 5.60. The van der Waals surface area contributed by atoms with Crippen LogP contribution < -0.4 is 0 Å². The lowest BCUT2D eigenvalue weighted by Crippen LogP contribution is -2.38. The predicted molar refractivity (Wildman–Crippen MR) is 54.0 cm³/mol. The third-order valence-electron chi connectivity index (χ3n) is 2.93. The molecule has 13 heavy (non-hydrogen) atoms. The average Bonchev–Trinajstić information content (AvgIpc) is 2.23. The molecule has 1 nitrogen and oxygen atoms in total. The number of terminal acetylenes is 2. The molecule has 0 amide bonds. The van der Waals surface area contributed by atoms with Crippen molar-refractivity contribution < 1.29 is 4.74 Å². The second-order valence-electron chi connectivity index (χ2n) is 3.56. The molecule has 0 N–H and O–H groups in total. The lowest BCUT2D eigenvalue weighted by atomic mass is 9.77. The first-order valence-corrected chi connectivity index (χ1v) is 4.79. The third kappa shape index (κ3) is 1.87. The van der Waals surface area contributed by atoms with Crippen molar-refractivity contribution in [2.45, 2.75) is 37.7 Å². The fourth-order valence-electron chi connectivity index (χ4n) is 2.07. The molecule has 0 radical (unpaired) electrons. The number of rotatable bonds is 2. The van der Waals surface area contributed by atoms with Gasteiger partial charge in [0, 0.05) is 13.0 Å². The Morgan fingerprint density at radius 3 is 2.08 bits per heavy atom. The largest absolute Gasteiger partial charge is 0.354 e. The first-order valence-electron chi connectivity index (χ1n) is 4.79. The van der Waals surface area contributed by atoms with Gasteiger partial charge >= 0.3 is 0 Å². The van der Waals surface area contributed by atoms with Crippen LogP contribution in [0.4, 0.5) is 0 Å². The summed E-state index contributed by atoms with van der Waals surface area (Å²) in [5, 5.41) is 0. The molecule has 1 fully saturated rings. The van der Waals surface area contributed by atoms with E-state index in [0.29, 0.717) is 5.92 Å². The minimum Gasteiger partial charge on any atom is -0.354 e. The maximum atomic E-state index is 5.44. The highest BCUT2D eigenvalue weighted by Gasteiger charge is 2.35. The van der Waals surface area contributed by atoms with Crippen LogP contribution >= 0.6 is 0 Å². The average molecular weight is 176 g/mol. The lowest BCUT2D eigenvalue weighted by Gasteiger charge is -2.33. The van der Waals surface area contributed by atoms with Crippen LogP contribution in [-0.4, -0.2) is 12.7 Å². The monoisotopic (exact) mass is 176 g/mol. The molecule has 0 aromatic heterocycles. The summed E-state index contributed by atoms with van der Waals surface area (Å²) in [5.41, 5.74) is -0.750. The summed E-state index contributed by atoms with van der Waals surface area (Å²) in [4.78, 5) is 0. The van der Waals surface area contributed by atoms with Crippen LogP contribution in [0, 0.1) is 30.6 Å². The van der Waals surface area contributed by atoms with Crippen LogP contribution in [0.25, 0.3) is 0 Å². The molecule has 1 rings (SSSR count). The van der Waals surface area contributed by atoms with E-state index in [1.807, 2.05) is 0 Å². The van der Waals surface area contributed by atoms with Gasteiger partial charge in [0.1, 0.15) is 0 Å². The zero-order valence-corrected chi connectivity index (χ0v) is 8.18. The van der Waals surface area contributed by atoms with Crippen LogP contribution in [0.2, 0.25) is 0 Å². The van der Waals surface area contributed by atoms with Gasteiger partial charge in [-0.3, -0.25) is 0 Å². The van der Waals surface area contributed by atoms with Gasteiger partial charge in [0.25, 0.3) is 0 Å². The maximum absolute atomic E-state index is 5.44. The standard InChI is InChI=1S/C12H16O/c1-4-12(5-2,13-3)11-9-7-6-8-10-11/h1-2,11H,6-10H2,3H3. The van der Waals surface area contributed by atoms with Crippen molar-refractivity contribution in [2.75, 3.05) is 7.11 Å². The number of hydrogen-bond donors (Lipinski definition) is 0. The van der Waals surface area contributed by atoms with Crippen molar-refractivity contribution in [3.8, 4) is 24.7 Å². The molecule has 0 spiro atoms. The van der Waals surface area contributed by atoms with Crippen molar-refractivity contribution in [3.05, 3.63) is 0 Å². The molecule has 1 aliphatic carbocycles. The second-order valence-corrected chi connectivity index (χ2v) is 3.56. The maximum Gasteiger partial charge on any atom is 0.191 e. The van der Waals surface area contributed by atoms with Crippen molar-refractivity contribution in [1.29, 1.82) is 0 Å². The Labute approximate surface area is 80.9 Å². The molecule has 1 saturated carbocycles. The van der Waals surface area contributed by atoms with Gasteiger partial charge in [0.15, 0.2) is 5.60 Å². The molecule has 0 heterocycles. The van der Waals surface area contributed by atoms with E-state index in [1.54, 1.807) is 7.11 Å². The molecular formula is C12H16O. The van der Waals surface area contributed by atoms with E-state index < -0.39 is 5.60 Å². The van der Waals surface area contributed by atoms with Gasteiger partial charge < -0.3 is 4.74 Å². The van der Waals surface area contributed by atoms with Crippen molar-refractivity contribution in [1.82, 2.24) is 0 Å². The molecular weight excluding hydrogens is 160 g/mol. The van der Waals surface area contributed by atoms with E-state index in [0.717, 1.165) is 12.8 Å². The Hall–Kier alpha value is -0.920. The van der Waals surface area contributed by atoms with Crippen molar-refractivity contribution in [3.63, 3.8) is 0 Å². The van der Waals surface area contributed by atoms with Gasteiger partial charge in [-0.25, -0.2) is 0 Å². The van der Waals surface area contributed by atoms with Gasteiger partial charge in [-0.1, -0.05) is 31.1 Å². The first kappa shape index (κ1) is 10.2. The quantitative estimate of drug-likeness (QED) is 0.586. The van der Waals surface area contributed by atoms with Gasteiger partial charge in [0.2, 0.25) is 0 Å². The molecule has 0 aromatic carbocycles. The summed E-state index contributed by atoms with van der Waals surface area (Å²) < 4.78 is 5.30. The molecule has 0 aliphatic heterocycles. The minimum absolute atomic E-state index is 0.348. The van der Waals surface area contributed by atoms with Crippen LogP contribution in [-0.2, 0) is 4.74 Å². The summed E-state index contributed by atoms with van der Waals surface area (Å²) >= 11 is 0. The Balaban J connectivity index is 2.76.